The number of rotatable bonds is 6. The highest BCUT2D eigenvalue weighted by Gasteiger charge is 2.50. The topological polar surface area (TPSA) is 146 Å². The van der Waals surface area contributed by atoms with Crippen molar-refractivity contribution >= 4 is 28.9 Å². The van der Waals surface area contributed by atoms with E-state index in [9.17, 15) is 19.2 Å². The minimum atomic E-state index is -1.77. The number of pyridine rings is 2. The molecule has 1 unspecified atom stereocenters. The Bertz CT molecular complexity index is 1820. The highest BCUT2D eigenvalue weighted by Crippen LogP contribution is 2.42. The van der Waals surface area contributed by atoms with Crippen molar-refractivity contribution in [2.75, 3.05) is 32.7 Å². The number of likely N-dealkylation sites (tertiary alicyclic amines) is 2. The van der Waals surface area contributed by atoms with Crippen LogP contribution in [0.2, 0.25) is 0 Å². The lowest BCUT2D eigenvalue weighted by molar-refractivity contribution is -0.188. The van der Waals surface area contributed by atoms with Crippen LogP contribution in [0.25, 0.3) is 22.3 Å². The summed E-state index contributed by atoms with van der Waals surface area (Å²) < 4.78 is 18.5. The average Bonchev–Trinajstić information content (AvgIpc) is 3.47. The van der Waals surface area contributed by atoms with Crippen LogP contribution < -0.4 is 16.0 Å². The number of nitrogens with zero attached hydrogens (tertiary/aromatic N) is 4. The smallest absolute Gasteiger partial charge is 0.415 e. The van der Waals surface area contributed by atoms with E-state index in [1.165, 1.54) is 19.3 Å². The fraction of sp³-hybridized carbons (Fsp3) is 0.514. The summed E-state index contributed by atoms with van der Waals surface area (Å²) in [6.45, 7) is 7.06. The minimum Gasteiger partial charge on any atom is -0.457 e. The summed E-state index contributed by atoms with van der Waals surface area (Å²) in [6.07, 6.45) is 6.13. The molecular weight excluding hydrogens is 602 g/mol. The number of carbonyl (C=O) groups is 3. The Balaban J connectivity index is 1.18. The minimum absolute atomic E-state index is 0.0730. The predicted octanol–water partition coefficient (Wildman–Crippen LogP) is 3.60. The van der Waals surface area contributed by atoms with Crippen molar-refractivity contribution in [3.05, 3.63) is 56.9 Å². The number of amides is 1. The van der Waals surface area contributed by atoms with Gasteiger partial charge >= 0.3 is 18.0 Å². The van der Waals surface area contributed by atoms with Crippen molar-refractivity contribution in [2.45, 2.75) is 83.6 Å². The highest BCUT2D eigenvalue weighted by atomic mass is 16.6. The first kappa shape index (κ1) is 31.3. The van der Waals surface area contributed by atoms with Crippen LogP contribution in [0.3, 0.4) is 0 Å². The van der Waals surface area contributed by atoms with Gasteiger partial charge in [-0.3, -0.25) is 9.59 Å². The summed E-state index contributed by atoms with van der Waals surface area (Å²) in [4.78, 5) is 61.8. The molecule has 2 fully saturated rings. The van der Waals surface area contributed by atoms with Gasteiger partial charge in [0.1, 0.15) is 12.4 Å². The second-order valence-electron chi connectivity index (χ2n) is 12.9. The van der Waals surface area contributed by atoms with E-state index in [2.05, 4.69) is 4.90 Å². The average molecular weight is 644 g/mol. The van der Waals surface area contributed by atoms with Crippen molar-refractivity contribution in [3.63, 3.8) is 0 Å². The lowest BCUT2D eigenvalue weighted by Crippen LogP contribution is -2.48. The van der Waals surface area contributed by atoms with E-state index >= 15 is 0 Å². The van der Waals surface area contributed by atoms with E-state index in [0.717, 1.165) is 42.4 Å². The summed E-state index contributed by atoms with van der Waals surface area (Å²) in [6, 6.07) is 7.71. The van der Waals surface area contributed by atoms with Gasteiger partial charge in [-0.15, -0.1) is 0 Å². The molecule has 2 saturated heterocycles. The van der Waals surface area contributed by atoms with Gasteiger partial charge in [-0.05, 0) is 81.4 Å². The zero-order valence-corrected chi connectivity index (χ0v) is 27.0. The van der Waals surface area contributed by atoms with E-state index in [4.69, 9.17) is 24.9 Å². The number of fused-ring (bicyclic) bond motifs is 5. The van der Waals surface area contributed by atoms with Crippen LogP contribution >= 0.6 is 0 Å². The Morgan fingerprint density at radius 2 is 1.81 bits per heavy atom. The molecule has 3 aromatic rings. The third-order valence-corrected chi connectivity index (χ3v) is 10.4. The van der Waals surface area contributed by atoms with Gasteiger partial charge < -0.3 is 34.3 Å². The first-order valence-electron chi connectivity index (χ1n) is 16.8. The molecule has 4 aliphatic rings. The SMILES string of the molecule is CCc1c2c(nc3ccc(OC(=O)N4CCC(N5CCCCC5)CC4)cc13)-c1cc3c(c(=O)n1C2)COC(=O)C3(CC)OC(=O)CN. The fourth-order valence-electron chi connectivity index (χ4n) is 7.86. The number of aryl methyl sites for hydroxylation is 1. The van der Waals surface area contributed by atoms with E-state index in [-0.39, 0.29) is 36.8 Å². The van der Waals surface area contributed by atoms with Crippen molar-refractivity contribution in [3.8, 4) is 17.1 Å². The Hall–Kier alpha value is -4.29. The molecule has 4 aliphatic heterocycles. The summed E-state index contributed by atoms with van der Waals surface area (Å²) in [5.74, 6) is -1.05. The van der Waals surface area contributed by atoms with Crippen LogP contribution in [0.1, 0.15) is 74.6 Å². The van der Waals surface area contributed by atoms with Crippen molar-refractivity contribution < 1.29 is 28.6 Å². The largest absolute Gasteiger partial charge is 0.457 e. The Morgan fingerprint density at radius 3 is 2.51 bits per heavy atom. The van der Waals surface area contributed by atoms with Crippen molar-refractivity contribution in [2.24, 2.45) is 5.73 Å². The molecule has 6 heterocycles. The van der Waals surface area contributed by atoms with Gasteiger partial charge in [-0.2, -0.15) is 0 Å². The molecule has 0 bridgehead atoms. The van der Waals surface area contributed by atoms with E-state index < -0.39 is 24.1 Å². The maximum atomic E-state index is 13.9. The third-order valence-electron chi connectivity index (χ3n) is 10.4. The molecule has 0 spiro atoms. The second kappa shape index (κ2) is 12.4. The van der Waals surface area contributed by atoms with Gasteiger partial charge in [0.05, 0.1) is 35.6 Å². The number of benzene rings is 1. The van der Waals surface area contributed by atoms with Gasteiger partial charge in [-0.1, -0.05) is 20.3 Å². The van der Waals surface area contributed by atoms with Gasteiger partial charge in [0.15, 0.2) is 0 Å². The molecule has 2 N–H and O–H groups in total. The normalized spacial score (nSPS) is 21.2. The number of hydrogen-bond donors (Lipinski definition) is 1. The predicted molar refractivity (Wildman–Crippen MR) is 173 cm³/mol. The summed E-state index contributed by atoms with van der Waals surface area (Å²) in [5, 5.41) is 0.851. The molecule has 7 rings (SSSR count). The van der Waals surface area contributed by atoms with Crippen LogP contribution in [0.5, 0.6) is 5.75 Å². The van der Waals surface area contributed by atoms with Gasteiger partial charge in [-0.25, -0.2) is 14.6 Å². The van der Waals surface area contributed by atoms with E-state index in [0.29, 0.717) is 53.8 Å². The first-order valence-corrected chi connectivity index (χ1v) is 16.8. The Labute approximate surface area is 272 Å². The molecule has 1 aromatic carbocycles. The van der Waals surface area contributed by atoms with Gasteiger partial charge in [0.25, 0.3) is 5.56 Å². The van der Waals surface area contributed by atoms with E-state index in [1.807, 2.05) is 19.1 Å². The lowest BCUT2D eigenvalue weighted by Gasteiger charge is -2.39. The van der Waals surface area contributed by atoms with Crippen molar-refractivity contribution in [1.29, 1.82) is 0 Å². The number of nitrogens with two attached hydrogens (primary N) is 1. The number of piperidine rings is 2. The summed E-state index contributed by atoms with van der Waals surface area (Å²) in [7, 11) is 0. The fourth-order valence-corrected chi connectivity index (χ4v) is 7.86. The number of hydrogen-bond acceptors (Lipinski definition) is 10. The molecular formula is C35H41N5O7. The van der Waals surface area contributed by atoms with Gasteiger partial charge in [0, 0.05) is 35.6 Å². The molecule has 1 amide bonds. The monoisotopic (exact) mass is 643 g/mol. The number of ether oxygens (including phenoxy) is 3. The molecule has 0 saturated carbocycles. The van der Waals surface area contributed by atoms with Crippen LogP contribution in [-0.2, 0) is 44.2 Å². The number of carbonyl (C=O) groups excluding carboxylic acids is 3. The summed E-state index contributed by atoms with van der Waals surface area (Å²) in [5.41, 5.74) is 7.73. The molecule has 248 valence electrons. The Morgan fingerprint density at radius 1 is 1.04 bits per heavy atom. The molecule has 12 nitrogen and oxygen atoms in total. The highest BCUT2D eigenvalue weighted by molar-refractivity contribution is 5.91. The first-order chi connectivity index (χ1) is 22.8. The maximum Gasteiger partial charge on any atom is 0.415 e. The molecule has 2 aromatic heterocycles. The van der Waals surface area contributed by atoms with Crippen LogP contribution in [0.4, 0.5) is 4.79 Å². The molecule has 0 radical (unpaired) electrons. The van der Waals surface area contributed by atoms with Crippen LogP contribution in [-0.4, -0.2) is 76.1 Å². The lowest BCUT2D eigenvalue weighted by atomic mass is 9.85. The Kier molecular flexibility index (Phi) is 8.25. The van der Waals surface area contributed by atoms with Gasteiger partial charge in [0.2, 0.25) is 5.60 Å². The number of cyclic esters (lactones) is 1. The molecule has 0 aliphatic carbocycles. The third kappa shape index (κ3) is 5.27. The zero-order chi connectivity index (χ0) is 32.9. The summed E-state index contributed by atoms with van der Waals surface area (Å²) >= 11 is 0. The zero-order valence-electron chi connectivity index (χ0n) is 27.0. The number of esters is 2. The van der Waals surface area contributed by atoms with Crippen LogP contribution in [0.15, 0.2) is 29.1 Å². The standard InChI is InChI=1S/C35H41N5O7/c1-3-23-24-16-22(46-34(44)39-14-10-21(11-15-39)38-12-6-5-7-13-38)8-9-28(24)37-31-25(23)19-40-29(31)17-27-26(32(40)42)20-45-33(43)35(27,4-2)47-30(41)18-36/h8-9,16-17,21H,3-7,10-15,18-20,36H2,1-2H3. The molecule has 12 heteroatoms. The van der Waals surface area contributed by atoms with E-state index in [1.54, 1.807) is 28.5 Å². The second-order valence-corrected chi connectivity index (χ2v) is 12.9. The number of aromatic nitrogens is 2. The maximum absolute atomic E-state index is 13.9. The molecule has 1 atom stereocenters. The molecule has 47 heavy (non-hydrogen) atoms. The quantitative estimate of drug-likeness (QED) is 0.309. The van der Waals surface area contributed by atoms with Crippen molar-refractivity contribution in [1.82, 2.24) is 19.4 Å². The van der Waals surface area contributed by atoms with Crippen LogP contribution in [0, 0.1) is 0 Å².